The molecule has 1 aromatic carbocycles. The fraction of sp³-hybridized carbons (Fsp3) is 0.143. The molecule has 0 saturated heterocycles. The number of pyridine rings is 1. The average Bonchev–Trinajstić information content (AvgIpc) is 2.79. The molecule has 0 fully saturated rings. The zero-order chi connectivity index (χ0) is 14.3. The van der Waals surface area contributed by atoms with Crippen molar-refractivity contribution in [3.8, 4) is 5.69 Å². The van der Waals surface area contributed by atoms with Gasteiger partial charge in [-0.1, -0.05) is 17.7 Å². The number of benzene rings is 1. The molecule has 0 aliphatic rings. The fourth-order valence-corrected chi connectivity index (χ4v) is 2.47. The smallest absolute Gasteiger partial charge is 0.165 e. The van der Waals surface area contributed by atoms with Crippen molar-refractivity contribution in [2.75, 3.05) is 0 Å². The quantitative estimate of drug-likeness (QED) is 0.662. The summed E-state index contributed by atoms with van der Waals surface area (Å²) in [5, 5.41) is 0.0528. The summed E-state index contributed by atoms with van der Waals surface area (Å²) in [6, 6.07) is 6.69. The number of hydrogen-bond acceptors (Lipinski definition) is 2. The highest BCUT2D eigenvalue weighted by molar-refractivity contribution is 6.30. The predicted molar refractivity (Wildman–Crippen MR) is 78.1 cm³/mol. The molecule has 0 amide bonds. The van der Waals surface area contributed by atoms with Crippen molar-refractivity contribution in [1.29, 1.82) is 0 Å². The summed E-state index contributed by atoms with van der Waals surface area (Å²) in [5.41, 5.74) is 2.52. The first-order valence-electron chi connectivity index (χ1n) is 5.96. The van der Waals surface area contributed by atoms with Crippen LogP contribution in [0.5, 0.6) is 0 Å². The summed E-state index contributed by atoms with van der Waals surface area (Å²) in [7, 11) is 0. The van der Waals surface area contributed by atoms with Crippen molar-refractivity contribution >= 4 is 34.4 Å². The van der Waals surface area contributed by atoms with Gasteiger partial charge in [0.1, 0.15) is 11.3 Å². The lowest BCUT2D eigenvalue weighted by Gasteiger charge is -2.09. The lowest BCUT2D eigenvalue weighted by molar-refractivity contribution is 0.618. The van der Waals surface area contributed by atoms with Crippen LogP contribution in [0.15, 0.2) is 30.5 Å². The first-order chi connectivity index (χ1) is 9.61. The first kappa shape index (κ1) is 13.3. The summed E-state index contributed by atoms with van der Waals surface area (Å²) in [6.07, 6.45) is 1.71. The van der Waals surface area contributed by atoms with E-state index in [0.29, 0.717) is 22.7 Å². The number of alkyl halides is 1. The van der Waals surface area contributed by atoms with Crippen LogP contribution in [0.4, 0.5) is 4.39 Å². The molecule has 0 aliphatic carbocycles. The second-order valence-corrected chi connectivity index (χ2v) is 5.10. The third-order valence-electron chi connectivity index (χ3n) is 3.00. The molecule has 3 nitrogen and oxygen atoms in total. The summed E-state index contributed by atoms with van der Waals surface area (Å²) < 4.78 is 15.8. The maximum Gasteiger partial charge on any atom is 0.165 e. The van der Waals surface area contributed by atoms with Crippen LogP contribution in [0.3, 0.4) is 0 Å². The van der Waals surface area contributed by atoms with E-state index in [9.17, 15) is 4.39 Å². The molecule has 0 saturated carbocycles. The average molecular weight is 310 g/mol. The highest BCUT2D eigenvalue weighted by atomic mass is 35.5. The SMILES string of the molecule is Cc1cnc2c(c1)nc(CCl)n2-c1cccc(Cl)c1F. The molecule has 3 rings (SSSR count). The number of nitrogens with zero attached hydrogens (tertiary/aromatic N) is 3. The van der Waals surface area contributed by atoms with Crippen molar-refractivity contribution in [3.63, 3.8) is 0 Å². The molecular weight excluding hydrogens is 300 g/mol. The summed E-state index contributed by atoms with van der Waals surface area (Å²) >= 11 is 11.8. The van der Waals surface area contributed by atoms with Crippen LogP contribution >= 0.6 is 23.2 Å². The van der Waals surface area contributed by atoms with Crippen molar-refractivity contribution < 1.29 is 4.39 Å². The second-order valence-electron chi connectivity index (χ2n) is 4.43. The molecular formula is C14H10Cl2FN3. The third kappa shape index (κ3) is 2.05. The lowest BCUT2D eigenvalue weighted by Crippen LogP contribution is -2.03. The Balaban J connectivity index is 2.37. The number of hydrogen-bond donors (Lipinski definition) is 0. The number of halogens is 3. The largest absolute Gasteiger partial charge is 0.277 e. The molecule has 0 radical (unpaired) electrons. The van der Waals surface area contributed by atoms with E-state index in [1.165, 1.54) is 6.07 Å². The summed E-state index contributed by atoms with van der Waals surface area (Å²) in [6.45, 7) is 1.92. The van der Waals surface area contributed by atoms with Crippen LogP contribution < -0.4 is 0 Å². The van der Waals surface area contributed by atoms with E-state index in [1.807, 2.05) is 13.0 Å². The minimum absolute atomic E-state index is 0.0528. The van der Waals surface area contributed by atoms with E-state index in [4.69, 9.17) is 23.2 Å². The monoisotopic (exact) mass is 309 g/mol. The van der Waals surface area contributed by atoms with E-state index in [-0.39, 0.29) is 10.9 Å². The number of aromatic nitrogens is 3. The maximum atomic E-state index is 14.2. The van der Waals surface area contributed by atoms with Gasteiger partial charge in [-0.25, -0.2) is 14.4 Å². The highest BCUT2D eigenvalue weighted by Crippen LogP contribution is 2.26. The molecule has 2 aromatic heterocycles. The molecule has 0 bridgehead atoms. The van der Waals surface area contributed by atoms with Gasteiger partial charge in [0.05, 0.1) is 16.6 Å². The van der Waals surface area contributed by atoms with Gasteiger partial charge in [-0.2, -0.15) is 0 Å². The number of aryl methyl sites for hydroxylation is 1. The Morgan fingerprint density at radius 1 is 1.35 bits per heavy atom. The molecule has 0 spiro atoms. The Labute approximate surface area is 125 Å². The lowest BCUT2D eigenvalue weighted by atomic mass is 10.3. The highest BCUT2D eigenvalue weighted by Gasteiger charge is 2.17. The van der Waals surface area contributed by atoms with Gasteiger partial charge < -0.3 is 0 Å². The van der Waals surface area contributed by atoms with Gasteiger partial charge in [0.15, 0.2) is 11.5 Å². The van der Waals surface area contributed by atoms with Crippen LogP contribution in [0.25, 0.3) is 16.9 Å². The van der Waals surface area contributed by atoms with Crippen LogP contribution in [-0.2, 0) is 5.88 Å². The molecule has 6 heteroatoms. The minimum atomic E-state index is -0.512. The first-order valence-corrected chi connectivity index (χ1v) is 6.87. The van der Waals surface area contributed by atoms with Crippen LogP contribution in [0.1, 0.15) is 11.4 Å². The molecule has 0 unspecified atom stereocenters. The normalized spacial score (nSPS) is 11.2. The molecule has 20 heavy (non-hydrogen) atoms. The number of rotatable bonds is 2. The maximum absolute atomic E-state index is 14.2. The molecule has 3 aromatic rings. The topological polar surface area (TPSA) is 30.7 Å². The van der Waals surface area contributed by atoms with Gasteiger partial charge in [-0.15, -0.1) is 11.6 Å². The minimum Gasteiger partial charge on any atom is -0.277 e. The van der Waals surface area contributed by atoms with Crippen LogP contribution in [0.2, 0.25) is 5.02 Å². The van der Waals surface area contributed by atoms with Gasteiger partial charge in [0, 0.05) is 6.20 Å². The molecule has 0 N–H and O–H groups in total. The van der Waals surface area contributed by atoms with Gasteiger partial charge >= 0.3 is 0 Å². The molecule has 2 heterocycles. The van der Waals surface area contributed by atoms with E-state index in [0.717, 1.165) is 5.56 Å². The Kier molecular flexibility index (Phi) is 3.36. The molecule has 0 aliphatic heterocycles. The Bertz CT molecular complexity index is 798. The van der Waals surface area contributed by atoms with E-state index in [2.05, 4.69) is 9.97 Å². The Morgan fingerprint density at radius 3 is 2.90 bits per heavy atom. The van der Waals surface area contributed by atoms with E-state index >= 15 is 0 Å². The van der Waals surface area contributed by atoms with Gasteiger partial charge in [-0.3, -0.25) is 4.57 Å². The number of fused-ring (bicyclic) bond motifs is 1. The third-order valence-corrected chi connectivity index (χ3v) is 3.53. The van der Waals surface area contributed by atoms with Crippen molar-refractivity contribution in [3.05, 3.63) is 52.7 Å². The van der Waals surface area contributed by atoms with Crippen LogP contribution in [0, 0.1) is 12.7 Å². The second kappa shape index (κ2) is 5.04. The van der Waals surface area contributed by atoms with Crippen molar-refractivity contribution in [2.24, 2.45) is 0 Å². The standard InChI is InChI=1S/C14H10Cl2FN3/c1-8-5-10-14(18-7-8)20(12(6-15)19-10)11-4-2-3-9(16)13(11)17/h2-5,7H,6H2,1H3. The summed E-state index contributed by atoms with van der Waals surface area (Å²) in [4.78, 5) is 8.73. The zero-order valence-corrected chi connectivity index (χ0v) is 12.1. The van der Waals surface area contributed by atoms with Gasteiger partial charge in [-0.05, 0) is 30.7 Å². The number of imidazole rings is 1. The Morgan fingerprint density at radius 2 is 2.15 bits per heavy atom. The van der Waals surface area contributed by atoms with Gasteiger partial charge in [0.25, 0.3) is 0 Å². The van der Waals surface area contributed by atoms with E-state index < -0.39 is 5.82 Å². The van der Waals surface area contributed by atoms with Crippen molar-refractivity contribution in [2.45, 2.75) is 12.8 Å². The summed E-state index contributed by atoms with van der Waals surface area (Å²) in [5.74, 6) is 0.171. The van der Waals surface area contributed by atoms with E-state index in [1.54, 1.807) is 22.9 Å². The Hall–Kier alpha value is -1.65. The van der Waals surface area contributed by atoms with Gasteiger partial charge in [0.2, 0.25) is 0 Å². The predicted octanol–water partition coefficient (Wildman–Crippen LogP) is 4.26. The zero-order valence-electron chi connectivity index (χ0n) is 10.6. The van der Waals surface area contributed by atoms with Crippen LogP contribution in [-0.4, -0.2) is 14.5 Å². The fourth-order valence-electron chi connectivity index (χ4n) is 2.12. The molecule has 0 atom stereocenters. The van der Waals surface area contributed by atoms with Crippen molar-refractivity contribution in [1.82, 2.24) is 14.5 Å². The molecule has 102 valence electrons.